The Kier molecular flexibility index (Phi) is 11.0. The van der Waals surface area contributed by atoms with Crippen LogP contribution in [0.3, 0.4) is 0 Å². The van der Waals surface area contributed by atoms with Gasteiger partial charge in [-0.25, -0.2) is 4.79 Å². The van der Waals surface area contributed by atoms with Crippen LogP contribution >= 0.6 is 11.8 Å². The molecule has 31 heavy (non-hydrogen) atoms. The summed E-state index contributed by atoms with van der Waals surface area (Å²) in [5, 5.41) is 8.22. The van der Waals surface area contributed by atoms with Crippen LogP contribution in [0.1, 0.15) is 25.3 Å². The number of hydrogen-bond donors (Lipinski definition) is 3. The van der Waals surface area contributed by atoms with Crippen molar-refractivity contribution in [1.29, 1.82) is 0 Å². The first-order chi connectivity index (χ1) is 15.1. The summed E-state index contributed by atoms with van der Waals surface area (Å²) in [6.45, 7) is 2.62. The highest BCUT2D eigenvalue weighted by molar-refractivity contribution is 7.99. The number of benzene rings is 2. The molecule has 3 N–H and O–H groups in total. The average molecular weight is 444 g/mol. The van der Waals surface area contributed by atoms with Gasteiger partial charge < -0.3 is 20.7 Å². The van der Waals surface area contributed by atoms with Crippen LogP contribution in [0.25, 0.3) is 0 Å². The molecule has 1 atom stereocenters. The van der Waals surface area contributed by atoms with Crippen LogP contribution in [0.15, 0.2) is 60.7 Å². The molecule has 2 aromatic rings. The van der Waals surface area contributed by atoms with E-state index >= 15 is 0 Å². The maximum atomic E-state index is 12.7. The number of thioether (sulfide) groups is 1. The number of hydrogen-bond acceptors (Lipinski definition) is 5. The number of alkyl carbamates (subject to hydrolysis) is 1. The highest BCUT2D eigenvalue weighted by Crippen LogP contribution is 2.11. The van der Waals surface area contributed by atoms with Crippen LogP contribution in [0, 0.1) is 0 Å². The Morgan fingerprint density at radius 1 is 1.00 bits per heavy atom. The van der Waals surface area contributed by atoms with E-state index in [9.17, 15) is 14.4 Å². The lowest BCUT2D eigenvalue weighted by atomic mass is 10.2. The van der Waals surface area contributed by atoms with Gasteiger partial charge >= 0.3 is 6.09 Å². The first kappa shape index (κ1) is 24.3. The van der Waals surface area contributed by atoms with E-state index in [1.807, 2.05) is 55.5 Å². The van der Waals surface area contributed by atoms with Gasteiger partial charge in [-0.05, 0) is 36.8 Å². The Morgan fingerprint density at radius 3 is 2.35 bits per heavy atom. The molecule has 2 aromatic carbocycles. The molecule has 0 radical (unpaired) electrons. The normalized spacial score (nSPS) is 11.3. The molecule has 7 nitrogen and oxygen atoms in total. The summed E-state index contributed by atoms with van der Waals surface area (Å²) < 4.78 is 5.25. The molecule has 3 amide bonds. The fourth-order valence-electron chi connectivity index (χ4n) is 2.66. The molecule has 0 bridgehead atoms. The summed E-state index contributed by atoms with van der Waals surface area (Å²) in [6, 6.07) is 17.6. The fraction of sp³-hybridized carbons (Fsp3) is 0.348. The second-order valence-electron chi connectivity index (χ2n) is 6.75. The van der Waals surface area contributed by atoms with Crippen LogP contribution in [0.2, 0.25) is 0 Å². The van der Waals surface area contributed by atoms with Crippen LogP contribution in [0.4, 0.5) is 10.5 Å². The van der Waals surface area contributed by atoms with Crippen LogP contribution in [-0.4, -0.2) is 42.0 Å². The Balaban J connectivity index is 1.85. The van der Waals surface area contributed by atoms with Gasteiger partial charge in [0.25, 0.3) is 0 Å². The molecule has 166 valence electrons. The first-order valence-electron chi connectivity index (χ1n) is 10.3. The topological polar surface area (TPSA) is 96.5 Å². The van der Waals surface area contributed by atoms with Gasteiger partial charge in [0.15, 0.2) is 0 Å². The van der Waals surface area contributed by atoms with E-state index in [1.165, 1.54) is 11.8 Å². The summed E-state index contributed by atoms with van der Waals surface area (Å²) in [6.07, 6.45) is 0.482. The third-order valence-corrected chi connectivity index (χ3v) is 5.36. The van der Waals surface area contributed by atoms with Gasteiger partial charge in [0, 0.05) is 24.4 Å². The zero-order valence-corrected chi connectivity index (χ0v) is 18.5. The number of anilines is 1. The summed E-state index contributed by atoms with van der Waals surface area (Å²) in [4.78, 5) is 36.5. The molecule has 0 unspecified atom stereocenters. The minimum atomic E-state index is -0.766. The Morgan fingerprint density at radius 2 is 1.68 bits per heavy atom. The second kappa shape index (κ2) is 14.1. The van der Waals surface area contributed by atoms with Crippen molar-refractivity contribution in [2.45, 2.75) is 32.4 Å². The first-order valence-corrected chi connectivity index (χ1v) is 11.4. The second-order valence-corrected chi connectivity index (χ2v) is 7.90. The van der Waals surface area contributed by atoms with Gasteiger partial charge in [0.05, 0.1) is 0 Å². The zero-order chi connectivity index (χ0) is 22.3. The van der Waals surface area contributed by atoms with Crippen molar-refractivity contribution in [1.82, 2.24) is 10.6 Å². The Bertz CT molecular complexity index is 818. The van der Waals surface area contributed by atoms with Crippen molar-refractivity contribution < 1.29 is 19.1 Å². The van der Waals surface area contributed by atoms with Gasteiger partial charge in [-0.1, -0.05) is 48.5 Å². The molecule has 0 saturated heterocycles. The maximum absolute atomic E-state index is 12.7. The number of ether oxygens (including phenoxy) is 1. The number of rotatable bonds is 12. The lowest BCUT2D eigenvalue weighted by Gasteiger charge is -2.18. The molecular formula is C23H29N3O4S. The lowest BCUT2D eigenvalue weighted by molar-refractivity contribution is -0.121. The Labute approximate surface area is 187 Å². The van der Waals surface area contributed by atoms with E-state index in [0.717, 1.165) is 5.56 Å². The maximum Gasteiger partial charge on any atom is 0.408 e. The summed E-state index contributed by atoms with van der Waals surface area (Å²) in [5.41, 5.74) is 1.51. The highest BCUT2D eigenvalue weighted by atomic mass is 32.2. The van der Waals surface area contributed by atoms with E-state index in [2.05, 4.69) is 16.0 Å². The lowest BCUT2D eigenvalue weighted by Crippen LogP contribution is -2.45. The minimum absolute atomic E-state index is 0.0177. The molecule has 8 heteroatoms. The van der Waals surface area contributed by atoms with E-state index in [-0.39, 0.29) is 18.4 Å². The summed E-state index contributed by atoms with van der Waals surface area (Å²) in [5.74, 6) is 0.768. The number of para-hydroxylation sites is 1. The number of amides is 3. The smallest absolute Gasteiger partial charge is 0.408 e. The predicted molar refractivity (Wildman–Crippen MR) is 124 cm³/mol. The standard InChI is InChI=1S/C23H29N3O4S/c1-2-24-21(27)14-9-15-31-17-20(22(28)25-19-12-7-4-8-13-19)26-23(29)30-16-18-10-5-3-6-11-18/h3-8,10-13,20H,2,9,14-17H2,1H3,(H,24,27)(H,25,28)(H,26,29)/t20-/m0/s1. The fourth-order valence-corrected chi connectivity index (χ4v) is 3.65. The Hall–Kier alpha value is -3.00. The molecule has 0 aliphatic carbocycles. The van der Waals surface area contributed by atoms with Crippen molar-refractivity contribution in [2.24, 2.45) is 0 Å². The monoisotopic (exact) mass is 443 g/mol. The van der Waals surface area contributed by atoms with Crippen molar-refractivity contribution in [3.8, 4) is 0 Å². The third-order valence-electron chi connectivity index (χ3n) is 4.21. The zero-order valence-electron chi connectivity index (χ0n) is 17.6. The molecule has 0 spiro atoms. The highest BCUT2D eigenvalue weighted by Gasteiger charge is 2.22. The summed E-state index contributed by atoms with van der Waals surface area (Å²) >= 11 is 1.51. The number of carbonyl (C=O) groups is 3. The van der Waals surface area contributed by atoms with E-state index in [0.29, 0.717) is 36.6 Å². The summed E-state index contributed by atoms with van der Waals surface area (Å²) in [7, 11) is 0. The molecule has 0 aliphatic heterocycles. The van der Waals surface area contributed by atoms with Crippen molar-refractivity contribution >= 4 is 35.4 Å². The van der Waals surface area contributed by atoms with Crippen molar-refractivity contribution in [3.05, 3.63) is 66.2 Å². The van der Waals surface area contributed by atoms with Gasteiger partial charge in [0.2, 0.25) is 11.8 Å². The van der Waals surface area contributed by atoms with Crippen LogP contribution in [-0.2, 0) is 20.9 Å². The van der Waals surface area contributed by atoms with E-state index < -0.39 is 12.1 Å². The number of carbonyl (C=O) groups excluding carboxylic acids is 3. The molecular weight excluding hydrogens is 414 g/mol. The van der Waals surface area contributed by atoms with E-state index in [4.69, 9.17) is 4.74 Å². The third kappa shape index (κ3) is 10.0. The van der Waals surface area contributed by atoms with Gasteiger partial charge in [0.1, 0.15) is 12.6 Å². The van der Waals surface area contributed by atoms with Gasteiger partial charge in [-0.3, -0.25) is 9.59 Å². The predicted octanol–water partition coefficient (Wildman–Crippen LogP) is 3.57. The van der Waals surface area contributed by atoms with Crippen molar-refractivity contribution in [2.75, 3.05) is 23.4 Å². The van der Waals surface area contributed by atoms with Crippen LogP contribution < -0.4 is 16.0 Å². The molecule has 0 aliphatic rings. The van der Waals surface area contributed by atoms with Crippen LogP contribution in [0.5, 0.6) is 0 Å². The minimum Gasteiger partial charge on any atom is -0.445 e. The number of nitrogens with one attached hydrogen (secondary N) is 3. The molecule has 0 heterocycles. The quantitative estimate of drug-likeness (QED) is 0.436. The molecule has 0 fully saturated rings. The molecule has 0 saturated carbocycles. The van der Waals surface area contributed by atoms with Gasteiger partial charge in [-0.2, -0.15) is 11.8 Å². The average Bonchev–Trinajstić information content (AvgIpc) is 2.78. The van der Waals surface area contributed by atoms with Crippen molar-refractivity contribution in [3.63, 3.8) is 0 Å². The SMILES string of the molecule is CCNC(=O)CCCSC[C@H](NC(=O)OCc1ccccc1)C(=O)Nc1ccccc1. The molecule has 2 rings (SSSR count). The largest absolute Gasteiger partial charge is 0.445 e. The van der Waals surface area contributed by atoms with E-state index in [1.54, 1.807) is 12.1 Å². The van der Waals surface area contributed by atoms with Gasteiger partial charge in [-0.15, -0.1) is 0 Å². The molecule has 0 aromatic heterocycles.